The highest BCUT2D eigenvalue weighted by Crippen LogP contribution is 2.33. The normalized spacial score (nSPS) is 14.4. The zero-order valence-electron chi connectivity index (χ0n) is 15.5. The van der Waals surface area contributed by atoms with Gasteiger partial charge in [-0.3, -0.25) is 4.90 Å². The quantitative estimate of drug-likeness (QED) is 0.656. The maximum Gasteiger partial charge on any atom is 0.258 e. The van der Waals surface area contributed by atoms with Gasteiger partial charge in [-0.25, -0.2) is 4.98 Å². The molecule has 0 unspecified atom stereocenters. The fourth-order valence-electron chi connectivity index (χ4n) is 3.22. The Kier molecular flexibility index (Phi) is 5.02. The Morgan fingerprint density at radius 3 is 2.70 bits per heavy atom. The third-order valence-corrected chi connectivity index (χ3v) is 4.56. The highest BCUT2D eigenvalue weighted by atomic mass is 16.5. The van der Waals surface area contributed by atoms with Crippen LogP contribution >= 0.6 is 0 Å². The number of aryl methyl sites for hydroxylation is 1. The lowest BCUT2D eigenvalue weighted by Crippen LogP contribution is -2.18. The molecule has 0 saturated carbocycles. The second-order valence-corrected chi connectivity index (χ2v) is 6.60. The van der Waals surface area contributed by atoms with E-state index in [9.17, 15) is 0 Å². The van der Waals surface area contributed by atoms with Gasteiger partial charge in [0.15, 0.2) is 17.3 Å². The van der Waals surface area contributed by atoms with Gasteiger partial charge in [0.2, 0.25) is 5.88 Å². The first-order chi connectivity index (χ1) is 13.2. The van der Waals surface area contributed by atoms with Crippen molar-refractivity contribution in [2.45, 2.75) is 26.3 Å². The summed E-state index contributed by atoms with van der Waals surface area (Å²) in [7, 11) is 1.65. The molecule has 0 aliphatic carbocycles. The van der Waals surface area contributed by atoms with Crippen LogP contribution in [0, 0.1) is 6.92 Å². The molecule has 1 aliphatic rings. The molecule has 1 aromatic carbocycles. The number of likely N-dealkylation sites (tertiary alicyclic amines) is 1. The van der Waals surface area contributed by atoms with Crippen molar-refractivity contribution in [3.63, 3.8) is 0 Å². The van der Waals surface area contributed by atoms with E-state index < -0.39 is 0 Å². The first kappa shape index (κ1) is 17.5. The molecule has 0 N–H and O–H groups in total. The topological polar surface area (TPSA) is 73.5 Å². The van der Waals surface area contributed by atoms with Crippen molar-refractivity contribution in [1.29, 1.82) is 0 Å². The van der Waals surface area contributed by atoms with E-state index in [1.54, 1.807) is 32.4 Å². The third-order valence-electron chi connectivity index (χ3n) is 4.56. The van der Waals surface area contributed by atoms with Crippen LogP contribution in [-0.4, -0.2) is 40.2 Å². The predicted octanol–water partition coefficient (Wildman–Crippen LogP) is 3.84. The summed E-state index contributed by atoms with van der Waals surface area (Å²) in [5, 5.41) is 3.81. The highest BCUT2D eigenvalue weighted by Gasteiger charge is 2.15. The second-order valence-electron chi connectivity index (χ2n) is 6.60. The Morgan fingerprint density at radius 2 is 1.96 bits per heavy atom. The molecule has 4 rings (SSSR count). The minimum Gasteiger partial charge on any atom is -0.493 e. The zero-order chi connectivity index (χ0) is 18.6. The lowest BCUT2D eigenvalue weighted by Gasteiger charge is -2.16. The summed E-state index contributed by atoms with van der Waals surface area (Å²) in [6.45, 7) is 5.03. The molecule has 1 saturated heterocycles. The largest absolute Gasteiger partial charge is 0.493 e. The number of methoxy groups -OCH3 is 1. The predicted molar refractivity (Wildman–Crippen MR) is 99.8 cm³/mol. The van der Waals surface area contributed by atoms with Crippen molar-refractivity contribution in [1.82, 2.24) is 20.0 Å². The lowest BCUT2D eigenvalue weighted by atomic mass is 10.2. The van der Waals surface area contributed by atoms with Crippen molar-refractivity contribution in [2.75, 3.05) is 20.2 Å². The van der Waals surface area contributed by atoms with Gasteiger partial charge in [-0.2, -0.15) is 4.98 Å². The van der Waals surface area contributed by atoms with Crippen molar-refractivity contribution < 1.29 is 14.0 Å². The molecule has 0 atom stereocenters. The Balaban J connectivity index is 1.53. The van der Waals surface area contributed by atoms with E-state index in [2.05, 4.69) is 26.1 Å². The van der Waals surface area contributed by atoms with Crippen LogP contribution < -0.4 is 9.47 Å². The minimum absolute atomic E-state index is 0.438. The zero-order valence-corrected chi connectivity index (χ0v) is 15.5. The maximum atomic E-state index is 5.95. The van der Waals surface area contributed by atoms with Gasteiger partial charge >= 0.3 is 0 Å². The summed E-state index contributed by atoms with van der Waals surface area (Å²) in [6, 6.07) is 9.59. The second kappa shape index (κ2) is 7.75. The van der Waals surface area contributed by atoms with E-state index in [1.165, 1.54) is 18.4 Å². The first-order valence-corrected chi connectivity index (χ1v) is 9.05. The van der Waals surface area contributed by atoms with Crippen LogP contribution in [-0.2, 0) is 6.54 Å². The Labute approximate surface area is 157 Å². The van der Waals surface area contributed by atoms with Gasteiger partial charge in [-0.15, -0.1) is 0 Å². The van der Waals surface area contributed by atoms with E-state index in [0.717, 1.165) is 25.2 Å². The maximum absolute atomic E-state index is 5.95. The molecule has 0 spiro atoms. The fourth-order valence-corrected chi connectivity index (χ4v) is 3.22. The molecule has 140 valence electrons. The van der Waals surface area contributed by atoms with Gasteiger partial charge < -0.3 is 14.0 Å². The summed E-state index contributed by atoms with van der Waals surface area (Å²) in [4.78, 5) is 11.0. The van der Waals surface area contributed by atoms with Crippen LogP contribution in [0.25, 0.3) is 11.5 Å². The van der Waals surface area contributed by atoms with Crippen LogP contribution in [0.2, 0.25) is 0 Å². The number of benzene rings is 1. The molecular weight excluding hydrogens is 344 g/mol. The van der Waals surface area contributed by atoms with Gasteiger partial charge in [0.05, 0.1) is 7.11 Å². The van der Waals surface area contributed by atoms with Crippen LogP contribution in [0.4, 0.5) is 0 Å². The van der Waals surface area contributed by atoms with Gasteiger partial charge in [0.1, 0.15) is 0 Å². The summed E-state index contributed by atoms with van der Waals surface area (Å²) < 4.78 is 16.7. The molecule has 1 aliphatic heterocycles. The molecule has 7 heteroatoms. The number of aromatic nitrogens is 3. The number of hydrogen-bond acceptors (Lipinski definition) is 7. The van der Waals surface area contributed by atoms with E-state index in [0.29, 0.717) is 29.1 Å². The molecule has 3 aromatic rings. The van der Waals surface area contributed by atoms with E-state index in [4.69, 9.17) is 14.0 Å². The average Bonchev–Trinajstić information content (AvgIpc) is 3.35. The number of nitrogens with zero attached hydrogens (tertiary/aromatic N) is 4. The Morgan fingerprint density at radius 1 is 1.11 bits per heavy atom. The van der Waals surface area contributed by atoms with Crippen molar-refractivity contribution in [3.05, 3.63) is 47.9 Å². The summed E-state index contributed by atoms with van der Waals surface area (Å²) in [5.41, 5.74) is 1.97. The van der Waals surface area contributed by atoms with Crippen LogP contribution in [0.15, 0.2) is 41.1 Å². The highest BCUT2D eigenvalue weighted by molar-refractivity contribution is 5.54. The van der Waals surface area contributed by atoms with Crippen LogP contribution in [0.3, 0.4) is 0 Å². The van der Waals surface area contributed by atoms with Crippen molar-refractivity contribution in [3.8, 4) is 28.8 Å². The minimum atomic E-state index is 0.438. The number of rotatable bonds is 6. The lowest BCUT2D eigenvalue weighted by molar-refractivity contribution is 0.329. The fraction of sp³-hybridized carbons (Fsp3) is 0.350. The Hall–Kier alpha value is -2.93. The van der Waals surface area contributed by atoms with Crippen molar-refractivity contribution >= 4 is 0 Å². The van der Waals surface area contributed by atoms with Gasteiger partial charge in [-0.1, -0.05) is 11.2 Å². The molecule has 7 nitrogen and oxygen atoms in total. The van der Waals surface area contributed by atoms with Gasteiger partial charge in [0.25, 0.3) is 5.89 Å². The first-order valence-electron chi connectivity index (χ1n) is 9.05. The summed E-state index contributed by atoms with van der Waals surface area (Å²) in [6.07, 6.45) is 4.21. The molecule has 0 radical (unpaired) electrons. The number of ether oxygens (including phenoxy) is 2. The van der Waals surface area contributed by atoms with Gasteiger partial charge in [-0.05, 0) is 56.6 Å². The standard InChI is InChI=1S/C20H22N4O3/c1-14-22-20(27-23-14)16-7-8-21-19(12-16)26-17-6-5-15(11-18(17)25-2)13-24-9-3-4-10-24/h5-8,11-12H,3-4,9-10,13H2,1-2H3. The average molecular weight is 366 g/mol. The number of pyridine rings is 1. The van der Waals surface area contributed by atoms with Crippen LogP contribution in [0.1, 0.15) is 24.2 Å². The SMILES string of the molecule is COc1cc(CN2CCCC2)ccc1Oc1cc(-c2nc(C)no2)ccn1. The van der Waals surface area contributed by atoms with Crippen molar-refractivity contribution in [2.24, 2.45) is 0 Å². The molecule has 0 amide bonds. The van der Waals surface area contributed by atoms with E-state index in [-0.39, 0.29) is 0 Å². The molecule has 0 bridgehead atoms. The number of hydrogen-bond donors (Lipinski definition) is 0. The molecule has 2 aromatic heterocycles. The molecule has 1 fully saturated rings. The van der Waals surface area contributed by atoms with E-state index >= 15 is 0 Å². The van der Waals surface area contributed by atoms with E-state index in [1.807, 2.05) is 12.1 Å². The Bertz CT molecular complexity index is 919. The third kappa shape index (κ3) is 4.09. The molecule has 27 heavy (non-hydrogen) atoms. The van der Waals surface area contributed by atoms with Gasteiger partial charge in [0, 0.05) is 24.4 Å². The van der Waals surface area contributed by atoms with Crippen LogP contribution in [0.5, 0.6) is 17.4 Å². The smallest absolute Gasteiger partial charge is 0.258 e. The molecular formula is C20H22N4O3. The summed E-state index contributed by atoms with van der Waals surface area (Å²) >= 11 is 0. The molecule has 3 heterocycles. The summed E-state index contributed by atoms with van der Waals surface area (Å²) in [5.74, 6) is 2.77. The monoisotopic (exact) mass is 366 g/mol.